The van der Waals surface area contributed by atoms with Gasteiger partial charge in [-0.25, -0.2) is 0 Å². The summed E-state index contributed by atoms with van der Waals surface area (Å²) in [6, 6.07) is 0. The van der Waals surface area contributed by atoms with Crippen molar-refractivity contribution in [1.29, 1.82) is 5.41 Å². The first-order chi connectivity index (χ1) is 7.01. The maximum absolute atomic E-state index is 11.3. The Labute approximate surface area is 93.0 Å². The van der Waals surface area contributed by atoms with Crippen LogP contribution in [0.5, 0.6) is 0 Å². The molecule has 0 saturated carbocycles. The van der Waals surface area contributed by atoms with E-state index in [1.54, 1.807) is 6.92 Å². The third kappa shape index (κ3) is 5.95. The molecular formula is C8H16N4O2S. The molecule has 0 aromatic carbocycles. The molecule has 0 aromatic rings. The number of nitrogens with one attached hydrogen (secondary N) is 1. The molecule has 0 aliphatic heterocycles. The highest BCUT2D eigenvalue weighted by Gasteiger charge is 2.20. The van der Waals surface area contributed by atoms with Gasteiger partial charge in [-0.15, -0.1) is 0 Å². The molecule has 86 valence electrons. The first-order valence-corrected chi connectivity index (χ1v) is 5.40. The largest absolute Gasteiger partial charge is 0.465 e. The van der Waals surface area contributed by atoms with Crippen molar-refractivity contribution in [3.05, 3.63) is 0 Å². The van der Waals surface area contributed by atoms with Crippen molar-refractivity contribution < 1.29 is 9.53 Å². The summed E-state index contributed by atoms with van der Waals surface area (Å²) < 4.78 is 4.83. The smallest absolute Gasteiger partial charge is 0.319 e. The Morgan fingerprint density at radius 1 is 1.53 bits per heavy atom. The van der Waals surface area contributed by atoms with E-state index in [0.717, 1.165) is 11.8 Å². The quantitative estimate of drug-likeness (QED) is 0.365. The number of hydrogen-bond donors (Lipinski definition) is 3. The summed E-state index contributed by atoms with van der Waals surface area (Å²) in [6.45, 7) is 3.89. The summed E-state index contributed by atoms with van der Waals surface area (Å²) in [5.74, 6) is -0.535. The number of thioether (sulfide) groups is 1. The van der Waals surface area contributed by atoms with Gasteiger partial charge in [-0.05, 0) is 13.3 Å². The molecule has 0 aliphatic carbocycles. The van der Waals surface area contributed by atoms with Gasteiger partial charge in [0.05, 0.1) is 6.61 Å². The molecule has 0 fully saturated rings. The van der Waals surface area contributed by atoms with E-state index < -0.39 is 5.25 Å². The fourth-order valence-corrected chi connectivity index (χ4v) is 1.57. The zero-order chi connectivity index (χ0) is 11.8. The first-order valence-electron chi connectivity index (χ1n) is 4.52. The molecule has 0 aliphatic rings. The summed E-state index contributed by atoms with van der Waals surface area (Å²) in [4.78, 5) is 14.9. The molecule has 15 heavy (non-hydrogen) atoms. The van der Waals surface area contributed by atoms with Crippen LogP contribution >= 0.6 is 11.8 Å². The lowest BCUT2D eigenvalue weighted by molar-refractivity contribution is -0.142. The van der Waals surface area contributed by atoms with Crippen LogP contribution in [-0.4, -0.2) is 29.0 Å². The van der Waals surface area contributed by atoms with Gasteiger partial charge in [0.2, 0.25) is 0 Å². The van der Waals surface area contributed by atoms with E-state index in [1.165, 1.54) is 0 Å². The average molecular weight is 232 g/mol. The molecule has 1 atom stereocenters. The van der Waals surface area contributed by atoms with Gasteiger partial charge in [0, 0.05) is 0 Å². The van der Waals surface area contributed by atoms with Crippen LogP contribution in [0.4, 0.5) is 0 Å². The number of hydrogen-bond acceptors (Lipinski definition) is 4. The number of ether oxygens (including phenoxy) is 1. The van der Waals surface area contributed by atoms with E-state index in [0.29, 0.717) is 13.0 Å². The predicted octanol–water partition coefficient (Wildman–Crippen LogP) is 0.269. The molecule has 0 radical (unpaired) electrons. The Morgan fingerprint density at radius 2 is 2.13 bits per heavy atom. The molecule has 0 bridgehead atoms. The van der Waals surface area contributed by atoms with Crippen LogP contribution in [-0.2, 0) is 9.53 Å². The number of carbonyl (C=O) groups is 1. The highest BCUT2D eigenvalue weighted by Crippen LogP contribution is 2.17. The molecular weight excluding hydrogens is 216 g/mol. The highest BCUT2D eigenvalue weighted by atomic mass is 32.2. The van der Waals surface area contributed by atoms with Crippen LogP contribution in [0.3, 0.4) is 0 Å². The second-order valence-corrected chi connectivity index (χ2v) is 3.80. The molecule has 0 aromatic heterocycles. The third-order valence-electron chi connectivity index (χ3n) is 1.40. The number of carbonyl (C=O) groups excluding carboxylic acids is 1. The molecule has 0 heterocycles. The van der Waals surface area contributed by atoms with Crippen LogP contribution in [0.25, 0.3) is 0 Å². The summed E-state index contributed by atoms with van der Waals surface area (Å²) >= 11 is 0.982. The summed E-state index contributed by atoms with van der Waals surface area (Å²) in [5, 5.41) is 6.87. The van der Waals surface area contributed by atoms with Gasteiger partial charge in [0.1, 0.15) is 5.25 Å². The Hall–Kier alpha value is -1.24. The SMILES string of the molecule is CCOC(=O)C(CC)SC(=N)N=C(N)N. The van der Waals surface area contributed by atoms with E-state index in [-0.39, 0.29) is 17.1 Å². The van der Waals surface area contributed by atoms with Crippen molar-refractivity contribution in [3.63, 3.8) is 0 Å². The topological polar surface area (TPSA) is 115 Å². The highest BCUT2D eigenvalue weighted by molar-refractivity contribution is 8.14. The lowest BCUT2D eigenvalue weighted by Crippen LogP contribution is -2.25. The van der Waals surface area contributed by atoms with Crippen LogP contribution in [0.15, 0.2) is 4.99 Å². The van der Waals surface area contributed by atoms with Crippen LogP contribution in [0.2, 0.25) is 0 Å². The van der Waals surface area contributed by atoms with E-state index in [4.69, 9.17) is 21.6 Å². The monoisotopic (exact) mass is 232 g/mol. The zero-order valence-electron chi connectivity index (χ0n) is 8.82. The van der Waals surface area contributed by atoms with Gasteiger partial charge in [0.25, 0.3) is 0 Å². The fraction of sp³-hybridized carbons (Fsp3) is 0.625. The summed E-state index contributed by atoms with van der Waals surface area (Å²) in [7, 11) is 0. The van der Waals surface area contributed by atoms with Gasteiger partial charge in [-0.3, -0.25) is 10.2 Å². The van der Waals surface area contributed by atoms with Crippen LogP contribution in [0.1, 0.15) is 20.3 Å². The van der Waals surface area contributed by atoms with Crippen molar-refractivity contribution >= 4 is 28.9 Å². The maximum Gasteiger partial charge on any atom is 0.319 e. The minimum absolute atomic E-state index is 0.0881. The molecule has 1 unspecified atom stereocenters. The summed E-state index contributed by atoms with van der Waals surface area (Å²) in [5.41, 5.74) is 10.2. The van der Waals surface area contributed by atoms with Crippen molar-refractivity contribution in [1.82, 2.24) is 0 Å². The van der Waals surface area contributed by atoms with Crippen molar-refractivity contribution in [2.45, 2.75) is 25.5 Å². The van der Waals surface area contributed by atoms with Gasteiger partial charge >= 0.3 is 5.97 Å². The lowest BCUT2D eigenvalue weighted by atomic mass is 10.3. The molecule has 6 nitrogen and oxygen atoms in total. The zero-order valence-corrected chi connectivity index (χ0v) is 9.63. The maximum atomic E-state index is 11.3. The minimum Gasteiger partial charge on any atom is -0.465 e. The Kier molecular flexibility index (Phi) is 6.52. The number of nitrogens with two attached hydrogens (primary N) is 2. The number of nitrogens with zero attached hydrogens (tertiary/aromatic N) is 1. The molecule has 7 heteroatoms. The molecule has 0 spiro atoms. The number of esters is 1. The number of amidine groups is 1. The standard InChI is InChI=1S/C8H16N4O2S/c1-3-5(6(13)14-4-2)15-8(11)12-7(9)10/h5H,3-4H2,1-2H3,(H5,9,10,11,12). The van der Waals surface area contributed by atoms with Gasteiger partial charge in [0.15, 0.2) is 11.1 Å². The van der Waals surface area contributed by atoms with E-state index in [2.05, 4.69) is 4.99 Å². The van der Waals surface area contributed by atoms with Crippen molar-refractivity contribution in [3.8, 4) is 0 Å². The van der Waals surface area contributed by atoms with E-state index in [9.17, 15) is 4.79 Å². The van der Waals surface area contributed by atoms with Crippen LogP contribution < -0.4 is 11.5 Å². The van der Waals surface area contributed by atoms with Gasteiger partial charge in [-0.2, -0.15) is 4.99 Å². The van der Waals surface area contributed by atoms with Gasteiger partial charge < -0.3 is 16.2 Å². The van der Waals surface area contributed by atoms with Crippen molar-refractivity contribution in [2.24, 2.45) is 16.5 Å². The fourth-order valence-electron chi connectivity index (χ4n) is 0.812. The average Bonchev–Trinajstić information content (AvgIpc) is 2.13. The predicted molar refractivity (Wildman–Crippen MR) is 61.8 cm³/mol. The normalized spacial score (nSPS) is 11.6. The number of rotatable bonds is 4. The third-order valence-corrected chi connectivity index (χ3v) is 2.53. The van der Waals surface area contributed by atoms with E-state index in [1.807, 2.05) is 6.92 Å². The van der Waals surface area contributed by atoms with Gasteiger partial charge in [-0.1, -0.05) is 18.7 Å². The Balaban J connectivity index is 4.27. The minimum atomic E-state index is -0.430. The first kappa shape index (κ1) is 13.8. The molecule has 0 amide bonds. The lowest BCUT2D eigenvalue weighted by Gasteiger charge is -2.11. The van der Waals surface area contributed by atoms with Crippen molar-refractivity contribution in [2.75, 3.05) is 6.61 Å². The second kappa shape index (κ2) is 7.10. The molecule has 0 rings (SSSR count). The Morgan fingerprint density at radius 3 is 2.53 bits per heavy atom. The van der Waals surface area contributed by atoms with E-state index >= 15 is 0 Å². The molecule has 0 saturated heterocycles. The molecule has 5 N–H and O–H groups in total. The summed E-state index contributed by atoms with van der Waals surface area (Å²) in [6.07, 6.45) is 0.561. The van der Waals surface area contributed by atoms with Crippen LogP contribution in [0, 0.1) is 5.41 Å². The number of guanidine groups is 1. The second-order valence-electron chi connectivity index (χ2n) is 2.61. The Bertz CT molecular complexity index is 263. The number of aliphatic imine (C=N–C) groups is 1.